The van der Waals surface area contributed by atoms with Crippen molar-refractivity contribution in [3.8, 4) is 0 Å². The average Bonchev–Trinajstić information content (AvgIpc) is 3.46. The van der Waals surface area contributed by atoms with Crippen LogP contribution in [0, 0.1) is 5.92 Å². The lowest BCUT2D eigenvalue weighted by Gasteiger charge is -2.30. The van der Waals surface area contributed by atoms with Gasteiger partial charge in [0, 0.05) is 31.1 Å². The summed E-state index contributed by atoms with van der Waals surface area (Å²) in [5.41, 5.74) is 13.8. The van der Waals surface area contributed by atoms with Gasteiger partial charge in [-0.2, -0.15) is 15.0 Å². The van der Waals surface area contributed by atoms with Crippen LogP contribution >= 0.6 is 23.2 Å². The number of benzene rings is 1. The SMILES string of the molecule is Nc1nc(C2CCC3CNNC3C2)nc(N(CCc2cccc(Cl)c2Cl)C2CC2)n1. The van der Waals surface area contributed by atoms with Crippen LogP contribution in [0.5, 0.6) is 0 Å². The molecule has 160 valence electrons. The second kappa shape index (κ2) is 8.46. The van der Waals surface area contributed by atoms with Crippen molar-refractivity contribution in [2.75, 3.05) is 23.7 Å². The number of fused-ring (bicyclic) bond motifs is 1. The molecule has 1 saturated heterocycles. The van der Waals surface area contributed by atoms with E-state index in [1.54, 1.807) is 0 Å². The average molecular weight is 448 g/mol. The van der Waals surface area contributed by atoms with Gasteiger partial charge in [0.15, 0.2) is 0 Å². The second-order valence-electron chi connectivity index (χ2n) is 8.64. The van der Waals surface area contributed by atoms with Gasteiger partial charge in [0.25, 0.3) is 0 Å². The van der Waals surface area contributed by atoms with E-state index in [1.165, 1.54) is 6.42 Å². The monoisotopic (exact) mass is 447 g/mol. The topological polar surface area (TPSA) is 92.0 Å². The first-order valence-electron chi connectivity index (χ1n) is 10.8. The Morgan fingerprint density at radius 3 is 2.80 bits per heavy atom. The number of halogens is 2. The maximum Gasteiger partial charge on any atom is 0.230 e. The smallest absolute Gasteiger partial charge is 0.230 e. The number of anilines is 2. The van der Waals surface area contributed by atoms with Gasteiger partial charge in [0.2, 0.25) is 11.9 Å². The van der Waals surface area contributed by atoms with Crippen LogP contribution in [0.4, 0.5) is 11.9 Å². The Balaban J connectivity index is 1.35. The number of rotatable bonds is 6. The van der Waals surface area contributed by atoms with Crippen molar-refractivity contribution < 1.29 is 0 Å². The normalized spacial score (nSPS) is 25.9. The van der Waals surface area contributed by atoms with Gasteiger partial charge in [-0.1, -0.05) is 35.3 Å². The number of aromatic nitrogens is 3. The van der Waals surface area contributed by atoms with Gasteiger partial charge in [0.1, 0.15) is 5.82 Å². The summed E-state index contributed by atoms with van der Waals surface area (Å²) in [6.45, 7) is 1.82. The summed E-state index contributed by atoms with van der Waals surface area (Å²) in [6, 6.07) is 6.71. The van der Waals surface area contributed by atoms with E-state index in [2.05, 4.69) is 25.7 Å². The van der Waals surface area contributed by atoms with Gasteiger partial charge in [-0.15, -0.1) is 0 Å². The van der Waals surface area contributed by atoms with Crippen molar-refractivity contribution in [2.45, 2.75) is 56.5 Å². The first-order valence-corrected chi connectivity index (χ1v) is 11.5. The molecule has 3 atom stereocenters. The maximum absolute atomic E-state index is 6.39. The minimum atomic E-state index is 0.307. The maximum atomic E-state index is 6.39. The van der Waals surface area contributed by atoms with Crippen molar-refractivity contribution in [2.24, 2.45) is 5.92 Å². The molecule has 5 rings (SSSR count). The van der Waals surface area contributed by atoms with Crippen molar-refractivity contribution in [3.05, 3.63) is 39.6 Å². The van der Waals surface area contributed by atoms with E-state index in [0.717, 1.165) is 56.6 Å². The molecule has 0 bridgehead atoms. The highest BCUT2D eigenvalue weighted by molar-refractivity contribution is 6.42. The molecule has 30 heavy (non-hydrogen) atoms. The highest BCUT2D eigenvalue weighted by Gasteiger charge is 2.36. The quantitative estimate of drug-likeness (QED) is 0.624. The number of hydrazine groups is 1. The first-order chi connectivity index (χ1) is 14.6. The lowest BCUT2D eigenvalue weighted by molar-refractivity contribution is 0.296. The molecular weight excluding hydrogens is 421 g/mol. The van der Waals surface area contributed by atoms with E-state index < -0.39 is 0 Å². The van der Waals surface area contributed by atoms with E-state index in [4.69, 9.17) is 33.9 Å². The van der Waals surface area contributed by atoms with Crippen LogP contribution < -0.4 is 21.5 Å². The summed E-state index contributed by atoms with van der Waals surface area (Å²) >= 11 is 12.6. The Labute approximate surface area is 186 Å². The molecule has 1 aliphatic heterocycles. The summed E-state index contributed by atoms with van der Waals surface area (Å²) in [4.78, 5) is 16.2. The predicted octanol–water partition coefficient (Wildman–Crippen LogP) is 3.33. The first kappa shape index (κ1) is 20.2. The molecular formula is C21H27Cl2N7. The lowest BCUT2D eigenvalue weighted by atomic mass is 9.79. The zero-order valence-electron chi connectivity index (χ0n) is 16.8. The van der Waals surface area contributed by atoms with Crippen molar-refractivity contribution in [1.29, 1.82) is 0 Å². The molecule has 4 N–H and O–H groups in total. The number of hydrogen-bond acceptors (Lipinski definition) is 7. The number of nitrogens with one attached hydrogen (secondary N) is 2. The summed E-state index contributed by atoms with van der Waals surface area (Å²) in [7, 11) is 0. The Hall–Kier alpha value is -1.67. The third-order valence-corrected chi connectivity index (χ3v) is 7.42. The minimum absolute atomic E-state index is 0.307. The second-order valence-corrected chi connectivity index (χ2v) is 9.43. The molecule has 2 aliphatic carbocycles. The zero-order valence-corrected chi connectivity index (χ0v) is 18.3. The largest absolute Gasteiger partial charge is 0.368 e. The molecule has 3 unspecified atom stereocenters. The Bertz CT molecular complexity index is 920. The molecule has 1 aromatic heterocycles. The summed E-state index contributed by atoms with van der Waals surface area (Å²) < 4.78 is 0. The van der Waals surface area contributed by atoms with Crippen molar-refractivity contribution in [3.63, 3.8) is 0 Å². The molecule has 1 aromatic carbocycles. The van der Waals surface area contributed by atoms with Crippen LogP contribution in [0.15, 0.2) is 18.2 Å². The molecule has 9 heteroatoms. The highest BCUT2D eigenvalue weighted by atomic mass is 35.5. The van der Waals surface area contributed by atoms with Gasteiger partial charge in [-0.05, 0) is 56.1 Å². The van der Waals surface area contributed by atoms with E-state index in [1.807, 2.05) is 18.2 Å². The third-order valence-electron chi connectivity index (χ3n) is 6.57. The summed E-state index contributed by atoms with van der Waals surface area (Å²) in [6.07, 6.45) is 6.37. The lowest BCUT2D eigenvalue weighted by Crippen LogP contribution is -2.36. The summed E-state index contributed by atoms with van der Waals surface area (Å²) in [5, 5.41) is 1.21. The van der Waals surface area contributed by atoms with Crippen LogP contribution in [0.3, 0.4) is 0 Å². The van der Waals surface area contributed by atoms with Crippen LogP contribution in [0.1, 0.15) is 49.4 Å². The molecule has 2 saturated carbocycles. The van der Waals surface area contributed by atoms with Gasteiger partial charge in [-0.25, -0.2) is 0 Å². The zero-order chi connectivity index (χ0) is 20.7. The molecule has 0 radical (unpaired) electrons. The number of nitrogen functional groups attached to an aromatic ring is 1. The molecule has 0 amide bonds. The number of nitrogens with two attached hydrogens (primary N) is 1. The Kier molecular flexibility index (Phi) is 5.71. The van der Waals surface area contributed by atoms with Gasteiger partial charge < -0.3 is 10.6 Å². The van der Waals surface area contributed by atoms with E-state index in [0.29, 0.717) is 45.9 Å². The number of hydrogen-bond donors (Lipinski definition) is 3. The van der Waals surface area contributed by atoms with E-state index in [9.17, 15) is 0 Å². The molecule has 3 fully saturated rings. The summed E-state index contributed by atoms with van der Waals surface area (Å²) in [5.74, 6) is 2.84. The fourth-order valence-electron chi connectivity index (χ4n) is 4.73. The van der Waals surface area contributed by atoms with Crippen molar-refractivity contribution >= 4 is 35.1 Å². The minimum Gasteiger partial charge on any atom is -0.368 e. The number of nitrogens with zero attached hydrogens (tertiary/aromatic N) is 4. The Morgan fingerprint density at radius 1 is 1.10 bits per heavy atom. The fraction of sp³-hybridized carbons (Fsp3) is 0.571. The van der Waals surface area contributed by atoms with Crippen LogP contribution in [-0.4, -0.2) is 40.1 Å². The molecule has 7 nitrogen and oxygen atoms in total. The van der Waals surface area contributed by atoms with Gasteiger partial charge in [0.05, 0.1) is 10.0 Å². The van der Waals surface area contributed by atoms with Gasteiger partial charge >= 0.3 is 0 Å². The molecule has 2 aromatic rings. The Morgan fingerprint density at radius 2 is 1.97 bits per heavy atom. The van der Waals surface area contributed by atoms with Crippen LogP contribution in [0.25, 0.3) is 0 Å². The fourth-order valence-corrected chi connectivity index (χ4v) is 5.15. The van der Waals surface area contributed by atoms with Crippen molar-refractivity contribution in [1.82, 2.24) is 25.8 Å². The van der Waals surface area contributed by atoms with Crippen LogP contribution in [0.2, 0.25) is 10.0 Å². The van der Waals surface area contributed by atoms with E-state index >= 15 is 0 Å². The molecule has 2 heterocycles. The third kappa shape index (κ3) is 4.21. The molecule has 3 aliphatic rings. The standard InChI is InChI=1S/C21H27Cl2N7/c22-16-3-1-2-12(18(16)23)8-9-30(15-6-7-15)21-27-19(26-20(24)28-21)13-4-5-14-11-25-29-17(14)10-13/h1-3,13-15,17,25,29H,4-11H2,(H2,24,26,27,28). The van der Waals surface area contributed by atoms with Gasteiger partial charge in [-0.3, -0.25) is 10.9 Å². The molecule has 0 spiro atoms. The van der Waals surface area contributed by atoms with E-state index in [-0.39, 0.29) is 0 Å². The van der Waals surface area contributed by atoms with Crippen LogP contribution in [-0.2, 0) is 6.42 Å². The highest BCUT2D eigenvalue weighted by Crippen LogP contribution is 2.37. The predicted molar refractivity (Wildman–Crippen MR) is 120 cm³/mol.